The molecule has 0 saturated heterocycles. The van der Waals surface area contributed by atoms with Crippen LogP contribution in [0, 0.1) is 5.92 Å². The van der Waals surface area contributed by atoms with E-state index in [1.165, 1.54) is 0 Å². The first-order valence-corrected chi connectivity index (χ1v) is 11.6. The van der Waals surface area contributed by atoms with E-state index in [0.717, 1.165) is 6.42 Å². The summed E-state index contributed by atoms with van der Waals surface area (Å²) in [5.41, 5.74) is 16.9. The van der Waals surface area contributed by atoms with Gasteiger partial charge in [0.1, 0.15) is 18.1 Å². The zero-order valence-electron chi connectivity index (χ0n) is 19.0. The molecule has 12 heteroatoms. The molecule has 4 atom stereocenters. The maximum atomic E-state index is 12.8. The van der Waals surface area contributed by atoms with E-state index in [2.05, 4.69) is 28.6 Å². The van der Waals surface area contributed by atoms with Gasteiger partial charge in [0.25, 0.3) is 0 Å². The van der Waals surface area contributed by atoms with Crippen LogP contribution in [0.15, 0.2) is 0 Å². The largest absolute Gasteiger partial charge is 0.480 e. The minimum absolute atomic E-state index is 0.0515. The zero-order chi connectivity index (χ0) is 24.7. The Labute approximate surface area is 195 Å². The molecule has 0 aliphatic rings. The van der Waals surface area contributed by atoms with Crippen molar-refractivity contribution >= 4 is 36.3 Å². The number of carbonyl (C=O) groups excluding carboxylic acids is 3. The molecule has 0 heterocycles. The van der Waals surface area contributed by atoms with E-state index in [1.807, 2.05) is 0 Å². The Morgan fingerprint density at radius 1 is 0.812 bits per heavy atom. The molecule has 4 unspecified atom stereocenters. The second-order valence-corrected chi connectivity index (χ2v) is 8.41. The van der Waals surface area contributed by atoms with Crippen LogP contribution in [0.3, 0.4) is 0 Å². The molecular formula is C20H40N6O5S. The van der Waals surface area contributed by atoms with Crippen molar-refractivity contribution in [3.63, 3.8) is 0 Å². The third-order valence-corrected chi connectivity index (χ3v) is 5.30. The van der Waals surface area contributed by atoms with E-state index in [9.17, 15) is 24.3 Å². The molecule has 0 spiro atoms. The average molecular weight is 477 g/mol. The second-order valence-electron chi connectivity index (χ2n) is 8.05. The lowest BCUT2D eigenvalue weighted by Gasteiger charge is -2.25. The molecule has 0 fully saturated rings. The van der Waals surface area contributed by atoms with Crippen molar-refractivity contribution in [2.24, 2.45) is 23.1 Å². The van der Waals surface area contributed by atoms with Crippen molar-refractivity contribution in [2.75, 3.05) is 18.8 Å². The lowest BCUT2D eigenvalue weighted by molar-refractivity contribution is -0.143. The molecule has 0 aromatic carbocycles. The maximum absolute atomic E-state index is 12.8. The van der Waals surface area contributed by atoms with Crippen LogP contribution in [-0.4, -0.2) is 71.8 Å². The summed E-state index contributed by atoms with van der Waals surface area (Å²) >= 11 is 4.10. The van der Waals surface area contributed by atoms with Gasteiger partial charge in [-0.15, -0.1) is 0 Å². The Bertz CT molecular complexity index is 607. The van der Waals surface area contributed by atoms with Gasteiger partial charge in [-0.05, 0) is 51.1 Å². The SMILES string of the molecule is CC(C)C(NC(=O)C(CS)NC(=O)C(CCCCN)NC(=O)C(N)CCCCN)C(=O)O. The Balaban J connectivity index is 5.16. The van der Waals surface area contributed by atoms with Crippen molar-refractivity contribution in [3.05, 3.63) is 0 Å². The van der Waals surface area contributed by atoms with Gasteiger partial charge in [-0.25, -0.2) is 4.79 Å². The minimum atomic E-state index is -1.17. The zero-order valence-corrected chi connectivity index (χ0v) is 19.9. The fraction of sp³-hybridized carbons (Fsp3) is 0.800. The van der Waals surface area contributed by atoms with Crippen molar-refractivity contribution in [1.82, 2.24) is 16.0 Å². The molecule has 0 aliphatic heterocycles. The number of rotatable bonds is 17. The van der Waals surface area contributed by atoms with Crippen molar-refractivity contribution in [3.8, 4) is 0 Å². The number of carboxylic acids is 1. The predicted molar refractivity (Wildman–Crippen MR) is 126 cm³/mol. The van der Waals surface area contributed by atoms with Crippen LogP contribution in [0.1, 0.15) is 52.4 Å². The van der Waals surface area contributed by atoms with Gasteiger partial charge in [-0.3, -0.25) is 14.4 Å². The Kier molecular flexibility index (Phi) is 15.7. The summed E-state index contributed by atoms with van der Waals surface area (Å²) in [6.07, 6.45) is 3.44. The Morgan fingerprint density at radius 3 is 1.78 bits per heavy atom. The summed E-state index contributed by atoms with van der Waals surface area (Å²) in [5, 5.41) is 16.9. The molecule has 186 valence electrons. The molecule has 10 N–H and O–H groups in total. The molecule has 0 aliphatic carbocycles. The highest BCUT2D eigenvalue weighted by Crippen LogP contribution is 2.06. The number of nitrogens with two attached hydrogens (primary N) is 3. The topological polar surface area (TPSA) is 203 Å². The predicted octanol–water partition coefficient (Wildman–Crippen LogP) is -1.30. The number of hydrogen-bond donors (Lipinski definition) is 8. The molecule has 0 bridgehead atoms. The lowest BCUT2D eigenvalue weighted by atomic mass is 10.0. The molecule has 3 amide bonds. The van der Waals surface area contributed by atoms with Gasteiger partial charge in [0.2, 0.25) is 17.7 Å². The minimum Gasteiger partial charge on any atom is -0.480 e. The number of thiol groups is 1. The van der Waals surface area contributed by atoms with E-state index < -0.39 is 47.9 Å². The quantitative estimate of drug-likeness (QED) is 0.0933. The number of hydrogen-bond acceptors (Lipinski definition) is 8. The van der Waals surface area contributed by atoms with Gasteiger partial charge in [0.15, 0.2) is 0 Å². The van der Waals surface area contributed by atoms with Crippen LogP contribution >= 0.6 is 12.6 Å². The lowest BCUT2D eigenvalue weighted by Crippen LogP contribution is -2.58. The monoisotopic (exact) mass is 476 g/mol. The van der Waals surface area contributed by atoms with Crippen LogP contribution in [0.5, 0.6) is 0 Å². The van der Waals surface area contributed by atoms with Gasteiger partial charge in [-0.2, -0.15) is 12.6 Å². The van der Waals surface area contributed by atoms with E-state index in [-0.39, 0.29) is 11.7 Å². The summed E-state index contributed by atoms with van der Waals surface area (Å²) in [6.45, 7) is 4.26. The average Bonchev–Trinajstić information content (AvgIpc) is 2.74. The van der Waals surface area contributed by atoms with E-state index in [4.69, 9.17) is 17.2 Å². The molecule has 11 nitrogen and oxygen atoms in total. The normalized spacial score (nSPS) is 14.8. The maximum Gasteiger partial charge on any atom is 0.326 e. The van der Waals surface area contributed by atoms with Gasteiger partial charge < -0.3 is 38.3 Å². The number of aliphatic carboxylic acids is 1. The van der Waals surface area contributed by atoms with Crippen molar-refractivity contribution < 1.29 is 24.3 Å². The van der Waals surface area contributed by atoms with Crippen LogP contribution in [-0.2, 0) is 19.2 Å². The van der Waals surface area contributed by atoms with E-state index in [1.54, 1.807) is 13.8 Å². The molecule has 0 rings (SSSR count). The second kappa shape index (κ2) is 16.7. The number of unbranched alkanes of at least 4 members (excludes halogenated alkanes) is 2. The molecule has 32 heavy (non-hydrogen) atoms. The third kappa shape index (κ3) is 11.7. The number of amides is 3. The highest BCUT2D eigenvalue weighted by molar-refractivity contribution is 7.80. The summed E-state index contributed by atoms with van der Waals surface area (Å²) in [4.78, 5) is 49.1. The highest BCUT2D eigenvalue weighted by atomic mass is 32.1. The number of carbonyl (C=O) groups is 4. The third-order valence-electron chi connectivity index (χ3n) is 4.93. The smallest absolute Gasteiger partial charge is 0.326 e. The molecule has 0 aromatic rings. The van der Waals surface area contributed by atoms with Crippen LogP contribution < -0.4 is 33.2 Å². The first kappa shape index (κ1) is 30.1. The fourth-order valence-electron chi connectivity index (χ4n) is 2.91. The van der Waals surface area contributed by atoms with Crippen LogP contribution in [0.4, 0.5) is 0 Å². The van der Waals surface area contributed by atoms with E-state index >= 15 is 0 Å². The standard InChI is InChI=1S/C20H40N6O5S/c1-12(2)16(20(30)31)26-19(29)15(11-32)25-18(28)14(8-4-6-10-22)24-17(27)13(23)7-3-5-9-21/h12-16,32H,3-11,21-23H2,1-2H3,(H,24,27)(H,25,28)(H,26,29)(H,30,31). The molecule has 0 saturated carbocycles. The van der Waals surface area contributed by atoms with Gasteiger partial charge in [0.05, 0.1) is 6.04 Å². The van der Waals surface area contributed by atoms with Crippen LogP contribution in [0.2, 0.25) is 0 Å². The highest BCUT2D eigenvalue weighted by Gasteiger charge is 2.30. The van der Waals surface area contributed by atoms with Crippen LogP contribution in [0.25, 0.3) is 0 Å². The van der Waals surface area contributed by atoms with Gasteiger partial charge in [-0.1, -0.05) is 20.3 Å². The Hall–Kier alpha value is -1.89. The Morgan fingerprint density at radius 2 is 1.31 bits per heavy atom. The van der Waals surface area contributed by atoms with Crippen molar-refractivity contribution in [1.29, 1.82) is 0 Å². The van der Waals surface area contributed by atoms with Gasteiger partial charge >= 0.3 is 5.97 Å². The summed E-state index contributed by atoms with van der Waals surface area (Å²) in [7, 11) is 0. The van der Waals surface area contributed by atoms with E-state index in [0.29, 0.717) is 45.2 Å². The molecule has 0 radical (unpaired) electrons. The molecular weight excluding hydrogens is 436 g/mol. The summed E-state index contributed by atoms with van der Waals surface area (Å²) < 4.78 is 0. The first-order valence-electron chi connectivity index (χ1n) is 11.0. The number of carboxylic acid groups (broad SMARTS) is 1. The van der Waals surface area contributed by atoms with Gasteiger partial charge in [0, 0.05) is 5.75 Å². The number of nitrogens with one attached hydrogen (secondary N) is 3. The summed E-state index contributed by atoms with van der Waals surface area (Å²) in [5.74, 6) is -3.28. The fourth-order valence-corrected chi connectivity index (χ4v) is 3.17. The van der Waals surface area contributed by atoms with Crippen molar-refractivity contribution in [2.45, 2.75) is 76.5 Å². The summed E-state index contributed by atoms with van der Waals surface area (Å²) in [6, 6.07) is -3.87. The molecule has 0 aromatic heterocycles. The first-order chi connectivity index (χ1) is 15.1.